The van der Waals surface area contributed by atoms with Crippen LogP contribution >= 0.6 is 0 Å². The first kappa shape index (κ1) is 11.2. The number of rotatable bonds is 2. The zero-order valence-corrected chi connectivity index (χ0v) is 10.1. The minimum absolute atomic E-state index is 0.100. The minimum atomic E-state index is -0.100. The Hall–Kier alpha value is -0.900. The Morgan fingerprint density at radius 3 is 2.76 bits per heavy atom. The summed E-state index contributed by atoms with van der Waals surface area (Å²) in [6.07, 6.45) is 0.849. The average Bonchev–Trinajstić information content (AvgIpc) is 2.70. The predicted molar refractivity (Wildman–Crippen MR) is 67.7 cm³/mol. The van der Waals surface area contributed by atoms with Crippen LogP contribution in [0.15, 0.2) is 30.3 Å². The second kappa shape index (κ2) is 4.77. The molecular weight excluding hydrogens is 212 g/mol. The van der Waals surface area contributed by atoms with Gasteiger partial charge in [-0.15, -0.1) is 0 Å². The van der Waals surface area contributed by atoms with E-state index in [0.717, 1.165) is 39.1 Å². The fraction of sp³-hybridized carbons (Fsp3) is 0.571. The zero-order chi connectivity index (χ0) is 11.7. The number of aliphatic hydroxyl groups is 1. The molecule has 0 radical (unpaired) electrons. The van der Waals surface area contributed by atoms with Crippen molar-refractivity contribution in [2.24, 2.45) is 0 Å². The highest BCUT2D eigenvalue weighted by Crippen LogP contribution is 2.22. The SMILES string of the molecule is O[C@H]1C[C@H]2CN(Cc3ccccc3)CCN2C1. The summed E-state index contributed by atoms with van der Waals surface area (Å²) in [7, 11) is 0. The largest absolute Gasteiger partial charge is 0.392 e. The fourth-order valence-corrected chi connectivity index (χ4v) is 3.07. The maximum Gasteiger partial charge on any atom is 0.0682 e. The highest BCUT2D eigenvalue weighted by molar-refractivity contribution is 5.14. The molecule has 0 bridgehead atoms. The Morgan fingerprint density at radius 2 is 1.94 bits per heavy atom. The number of aliphatic hydroxyl groups excluding tert-OH is 1. The van der Waals surface area contributed by atoms with Gasteiger partial charge in [0.15, 0.2) is 0 Å². The van der Waals surface area contributed by atoms with E-state index >= 15 is 0 Å². The second-order valence-electron chi connectivity index (χ2n) is 5.26. The Bertz CT molecular complexity index is 368. The van der Waals surface area contributed by atoms with E-state index in [1.54, 1.807) is 0 Å². The predicted octanol–water partition coefficient (Wildman–Crippen LogP) is 0.937. The molecule has 0 spiro atoms. The third-order valence-corrected chi connectivity index (χ3v) is 3.93. The molecule has 3 rings (SSSR count). The van der Waals surface area contributed by atoms with Gasteiger partial charge >= 0.3 is 0 Å². The first-order valence-electron chi connectivity index (χ1n) is 6.49. The number of nitrogens with zero attached hydrogens (tertiary/aromatic N) is 2. The van der Waals surface area contributed by atoms with Crippen molar-refractivity contribution in [3.05, 3.63) is 35.9 Å². The zero-order valence-electron chi connectivity index (χ0n) is 10.1. The second-order valence-corrected chi connectivity index (χ2v) is 5.26. The molecule has 0 aliphatic carbocycles. The van der Waals surface area contributed by atoms with Gasteiger partial charge in [-0.2, -0.15) is 0 Å². The van der Waals surface area contributed by atoms with Crippen LogP contribution in [0.5, 0.6) is 0 Å². The van der Waals surface area contributed by atoms with E-state index in [-0.39, 0.29) is 6.10 Å². The standard InChI is InChI=1S/C14H20N2O/c17-14-8-13-10-15(6-7-16(13)11-14)9-12-4-2-1-3-5-12/h1-5,13-14,17H,6-11H2/t13-,14-/m0/s1. The number of fused-ring (bicyclic) bond motifs is 1. The van der Waals surface area contributed by atoms with Crippen LogP contribution in [0.25, 0.3) is 0 Å². The van der Waals surface area contributed by atoms with Crippen molar-refractivity contribution < 1.29 is 5.11 Å². The lowest BCUT2D eigenvalue weighted by atomic mass is 10.1. The van der Waals surface area contributed by atoms with Gasteiger partial charge in [0.2, 0.25) is 0 Å². The average molecular weight is 232 g/mol. The van der Waals surface area contributed by atoms with E-state index in [9.17, 15) is 5.11 Å². The van der Waals surface area contributed by atoms with Crippen LogP contribution in [0.3, 0.4) is 0 Å². The first-order chi connectivity index (χ1) is 8.31. The summed E-state index contributed by atoms with van der Waals surface area (Å²) in [5.41, 5.74) is 1.39. The molecule has 2 aliphatic rings. The van der Waals surface area contributed by atoms with Gasteiger partial charge in [-0.1, -0.05) is 30.3 Å². The maximum atomic E-state index is 9.68. The Morgan fingerprint density at radius 1 is 1.12 bits per heavy atom. The summed E-state index contributed by atoms with van der Waals surface area (Å²) in [6.45, 7) is 5.25. The summed E-state index contributed by atoms with van der Waals surface area (Å²) in [6, 6.07) is 11.2. The molecule has 2 fully saturated rings. The summed E-state index contributed by atoms with van der Waals surface area (Å²) < 4.78 is 0. The first-order valence-corrected chi connectivity index (χ1v) is 6.49. The molecule has 92 valence electrons. The Kier molecular flexibility index (Phi) is 3.14. The van der Waals surface area contributed by atoms with Gasteiger partial charge < -0.3 is 5.11 Å². The Labute approximate surface area is 103 Å². The Balaban J connectivity index is 1.60. The van der Waals surface area contributed by atoms with Crippen LogP contribution in [0.2, 0.25) is 0 Å². The van der Waals surface area contributed by atoms with Crippen LogP contribution in [0, 0.1) is 0 Å². The van der Waals surface area contributed by atoms with Crippen LogP contribution < -0.4 is 0 Å². The van der Waals surface area contributed by atoms with Crippen molar-refractivity contribution in [1.29, 1.82) is 0 Å². The van der Waals surface area contributed by atoms with Gasteiger partial charge in [-0.3, -0.25) is 9.80 Å². The fourth-order valence-electron chi connectivity index (χ4n) is 3.07. The van der Waals surface area contributed by atoms with Crippen LogP contribution in [-0.4, -0.2) is 53.2 Å². The monoisotopic (exact) mass is 232 g/mol. The number of benzene rings is 1. The summed E-state index contributed by atoms with van der Waals surface area (Å²) in [4.78, 5) is 4.95. The van der Waals surface area contributed by atoms with E-state index in [0.29, 0.717) is 6.04 Å². The van der Waals surface area contributed by atoms with Crippen LogP contribution in [0.4, 0.5) is 0 Å². The molecule has 1 aromatic carbocycles. The highest BCUT2D eigenvalue weighted by atomic mass is 16.3. The molecule has 0 aromatic heterocycles. The van der Waals surface area contributed by atoms with Gasteiger partial charge in [0.05, 0.1) is 6.10 Å². The van der Waals surface area contributed by atoms with Gasteiger partial charge in [-0.05, 0) is 12.0 Å². The number of hydrogen-bond donors (Lipinski definition) is 1. The molecule has 2 saturated heterocycles. The molecule has 2 aliphatic heterocycles. The van der Waals surface area contributed by atoms with E-state index in [2.05, 4.69) is 40.1 Å². The molecule has 0 amide bonds. The van der Waals surface area contributed by atoms with Gasteiger partial charge in [0.1, 0.15) is 0 Å². The van der Waals surface area contributed by atoms with Crippen LogP contribution in [0.1, 0.15) is 12.0 Å². The van der Waals surface area contributed by atoms with Crippen molar-refractivity contribution in [3.63, 3.8) is 0 Å². The van der Waals surface area contributed by atoms with E-state index < -0.39 is 0 Å². The van der Waals surface area contributed by atoms with Crippen molar-refractivity contribution in [1.82, 2.24) is 9.80 Å². The molecule has 1 aromatic rings. The molecule has 3 heteroatoms. The molecule has 2 heterocycles. The third kappa shape index (κ3) is 2.51. The van der Waals surface area contributed by atoms with E-state index in [1.165, 1.54) is 5.56 Å². The third-order valence-electron chi connectivity index (χ3n) is 3.93. The molecule has 1 N–H and O–H groups in total. The highest BCUT2D eigenvalue weighted by Gasteiger charge is 2.34. The van der Waals surface area contributed by atoms with Crippen LogP contribution in [-0.2, 0) is 6.54 Å². The van der Waals surface area contributed by atoms with E-state index in [4.69, 9.17) is 0 Å². The lowest BCUT2D eigenvalue weighted by molar-refractivity contribution is 0.0972. The quantitative estimate of drug-likeness (QED) is 0.822. The van der Waals surface area contributed by atoms with E-state index in [1.807, 2.05) is 0 Å². The van der Waals surface area contributed by atoms with Gasteiger partial charge in [-0.25, -0.2) is 0 Å². The minimum Gasteiger partial charge on any atom is -0.392 e. The lowest BCUT2D eigenvalue weighted by Gasteiger charge is -2.37. The summed E-state index contributed by atoms with van der Waals surface area (Å²) in [5, 5.41) is 9.68. The summed E-state index contributed by atoms with van der Waals surface area (Å²) in [5.74, 6) is 0. The van der Waals surface area contributed by atoms with Crippen molar-refractivity contribution in [2.45, 2.75) is 25.1 Å². The smallest absolute Gasteiger partial charge is 0.0682 e. The normalized spacial score (nSPS) is 30.4. The van der Waals surface area contributed by atoms with Gasteiger partial charge in [0, 0.05) is 38.8 Å². The number of hydrogen-bond acceptors (Lipinski definition) is 3. The lowest BCUT2D eigenvalue weighted by Crippen LogP contribution is -2.49. The van der Waals surface area contributed by atoms with Crippen molar-refractivity contribution in [2.75, 3.05) is 26.2 Å². The molecule has 2 atom stereocenters. The van der Waals surface area contributed by atoms with Crippen molar-refractivity contribution >= 4 is 0 Å². The molecule has 0 unspecified atom stereocenters. The van der Waals surface area contributed by atoms with Crippen molar-refractivity contribution in [3.8, 4) is 0 Å². The maximum absolute atomic E-state index is 9.68. The topological polar surface area (TPSA) is 26.7 Å². The molecular formula is C14H20N2O. The molecule has 17 heavy (non-hydrogen) atoms. The summed E-state index contributed by atoms with van der Waals surface area (Å²) >= 11 is 0. The molecule has 3 nitrogen and oxygen atoms in total. The molecule has 0 saturated carbocycles. The van der Waals surface area contributed by atoms with Gasteiger partial charge in [0.25, 0.3) is 0 Å². The number of piperazine rings is 1.